The van der Waals surface area contributed by atoms with E-state index in [1.807, 2.05) is 12.1 Å². The van der Waals surface area contributed by atoms with E-state index in [2.05, 4.69) is 9.97 Å². The smallest absolute Gasteiger partial charge is 0.255 e. The van der Waals surface area contributed by atoms with Crippen LogP contribution in [0.5, 0.6) is 5.75 Å². The van der Waals surface area contributed by atoms with Gasteiger partial charge >= 0.3 is 0 Å². The molecule has 0 radical (unpaired) electrons. The molecule has 0 saturated heterocycles. The summed E-state index contributed by atoms with van der Waals surface area (Å²) in [7, 11) is 0. The molecule has 0 atom stereocenters. The maximum Gasteiger partial charge on any atom is 0.255 e. The Balaban J connectivity index is 2.01. The van der Waals surface area contributed by atoms with Crippen molar-refractivity contribution in [2.45, 2.75) is 6.61 Å². The molecule has 1 aliphatic rings. The number of ether oxygens (including phenoxy) is 1. The van der Waals surface area contributed by atoms with Gasteiger partial charge in [-0.3, -0.25) is 19.3 Å². The second-order valence-corrected chi connectivity index (χ2v) is 5.30. The second-order valence-electron chi connectivity index (χ2n) is 4.87. The minimum Gasteiger partial charge on any atom is -0.485 e. The minimum absolute atomic E-state index is 0.161. The Morgan fingerprint density at radius 1 is 1.23 bits per heavy atom. The summed E-state index contributed by atoms with van der Waals surface area (Å²) < 4.78 is 7.28. The molecule has 0 aliphatic carbocycles. The Morgan fingerprint density at radius 2 is 2.14 bits per heavy atom. The van der Waals surface area contributed by atoms with E-state index in [-0.39, 0.29) is 12.2 Å². The van der Waals surface area contributed by atoms with Crippen molar-refractivity contribution in [3.63, 3.8) is 0 Å². The normalized spacial score (nSPS) is 12.2. The largest absolute Gasteiger partial charge is 0.485 e. The second kappa shape index (κ2) is 4.96. The number of hydrogen-bond acceptors (Lipinski definition) is 4. The lowest BCUT2D eigenvalue weighted by atomic mass is 10.1. The molecule has 0 unspecified atom stereocenters. The molecule has 1 aliphatic heterocycles. The lowest BCUT2D eigenvalue weighted by Gasteiger charge is -2.23. The van der Waals surface area contributed by atoms with Crippen LogP contribution in [0.2, 0.25) is 5.02 Å². The highest BCUT2D eigenvalue weighted by atomic mass is 35.5. The zero-order chi connectivity index (χ0) is 15.1. The molecule has 3 aromatic heterocycles. The number of pyridine rings is 3. The van der Waals surface area contributed by atoms with Crippen LogP contribution < -0.4 is 10.3 Å². The van der Waals surface area contributed by atoms with Gasteiger partial charge in [0.05, 0.1) is 22.6 Å². The van der Waals surface area contributed by atoms with Crippen LogP contribution in [0, 0.1) is 0 Å². The summed E-state index contributed by atoms with van der Waals surface area (Å²) in [5.41, 5.74) is 2.79. The number of rotatable bonds is 1. The van der Waals surface area contributed by atoms with Gasteiger partial charge in [-0.2, -0.15) is 0 Å². The average molecular weight is 312 g/mol. The summed E-state index contributed by atoms with van der Waals surface area (Å²) in [6, 6.07) is 8.68. The summed E-state index contributed by atoms with van der Waals surface area (Å²) in [6.07, 6.45) is 4.83. The van der Waals surface area contributed by atoms with Crippen LogP contribution in [0.4, 0.5) is 0 Å². The molecule has 0 spiro atoms. The monoisotopic (exact) mass is 311 g/mol. The predicted molar refractivity (Wildman–Crippen MR) is 82.4 cm³/mol. The molecule has 0 saturated carbocycles. The van der Waals surface area contributed by atoms with Crippen molar-refractivity contribution in [3.05, 3.63) is 70.0 Å². The fraction of sp³-hybridized carbons (Fsp3) is 0.0625. The Bertz CT molecular complexity index is 937. The van der Waals surface area contributed by atoms with Crippen LogP contribution in [0.25, 0.3) is 16.9 Å². The topological polar surface area (TPSA) is 57.0 Å². The van der Waals surface area contributed by atoms with E-state index < -0.39 is 0 Å². The highest BCUT2D eigenvalue weighted by molar-refractivity contribution is 6.30. The lowest BCUT2D eigenvalue weighted by molar-refractivity contribution is 0.292. The van der Waals surface area contributed by atoms with Crippen LogP contribution in [0.3, 0.4) is 0 Å². The van der Waals surface area contributed by atoms with Crippen molar-refractivity contribution in [1.82, 2.24) is 14.5 Å². The van der Waals surface area contributed by atoms with Crippen LogP contribution >= 0.6 is 11.6 Å². The van der Waals surface area contributed by atoms with Gasteiger partial charge in [0, 0.05) is 24.0 Å². The fourth-order valence-electron chi connectivity index (χ4n) is 2.60. The molecule has 4 rings (SSSR count). The van der Waals surface area contributed by atoms with E-state index in [4.69, 9.17) is 16.3 Å². The molecule has 0 aromatic carbocycles. The zero-order valence-corrected chi connectivity index (χ0v) is 12.1. The van der Waals surface area contributed by atoms with E-state index in [1.165, 1.54) is 12.3 Å². The first-order chi connectivity index (χ1) is 10.7. The first-order valence-electron chi connectivity index (χ1n) is 6.68. The third kappa shape index (κ3) is 1.98. The van der Waals surface area contributed by atoms with Gasteiger partial charge in [-0.25, -0.2) is 0 Å². The number of aromatic nitrogens is 3. The highest BCUT2D eigenvalue weighted by Crippen LogP contribution is 2.35. The van der Waals surface area contributed by atoms with E-state index >= 15 is 0 Å². The molecule has 0 amide bonds. The molecule has 5 nitrogen and oxygen atoms in total. The summed E-state index contributed by atoms with van der Waals surface area (Å²) >= 11 is 5.99. The third-order valence-corrected chi connectivity index (χ3v) is 3.74. The van der Waals surface area contributed by atoms with E-state index in [0.29, 0.717) is 16.5 Å². The maximum atomic E-state index is 12.3. The van der Waals surface area contributed by atoms with Crippen molar-refractivity contribution in [1.29, 1.82) is 0 Å². The maximum absolute atomic E-state index is 12.3. The number of fused-ring (bicyclic) bond motifs is 3. The SMILES string of the molecule is O=c1ccc2c(n1-c1cncc(Cl)c1)COc1cccnc1-2. The van der Waals surface area contributed by atoms with Gasteiger partial charge < -0.3 is 4.74 Å². The minimum atomic E-state index is -0.161. The molecule has 4 heterocycles. The van der Waals surface area contributed by atoms with Gasteiger partial charge in [0.2, 0.25) is 0 Å². The predicted octanol–water partition coefficient (Wildman–Crippen LogP) is 2.84. The molecule has 0 fully saturated rings. The fourth-order valence-corrected chi connectivity index (χ4v) is 2.77. The summed E-state index contributed by atoms with van der Waals surface area (Å²) in [4.78, 5) is 20.7. The molecule has 22 heavy (non-hydrogen) atoms. The molecular weight excluding hydrogens is 302 g/mol. The molecule has 3 aromatic rings. The highest BCUT2D eigenvalue weighted by Gasteiger charge is 2.22. The first-order valence-corrected chi connectivity index (χ1v) is 7.06. The van der Waals surface area contributed by atoms with Crippen LogP contribution in [-0.4, -0.2) is 14.5 Å². The van der Waals surface area contributed by atoms with Crippen molar-refractivity contribution in [2.24, 2.45) is 0 Å². The summed E-state index contributed by atoms with van der Waals surface area (Å²) in [5.74, 6) is 0.712. The first kappa shape index (κ1) is 13.0. The van der Waals surface area contributed by atoms with Gasteiger partial charge in [-0.15, -0.1) is 0 Å². The van der Waals surface area contributed by atoms with Gasteiger partial charge in [0.25, 0.3) is 5.56 Å². The third-order valence-electron chi connectivity index (χ3n) is 3.53. The van der Waals surface area contributed by atoms with Crippen molar-refractivity contribution < 1.29 is 4.74 Å². The standard InChI is InChI=1S/C16H10ClN3O2/c17-10-6-11(8-18-7-10)20-13-9-22-14-2-1-5-19-16(14)12(13)3-4-15(20)21/h1-8H,9H2. The van der Waals surface area contributed by atoms with Gasteiger partial charge in [0.1, 0.15) is 18.1 Å². The van der Waals surface area contributed by atoms with E-state index in [0.717, 1.165) is 17.0 Å². The van der Waals surface area contributed by atoms with Crippen LogP contribution in [-0.2, 0) is 6.61 Å². The van der Waals surface area contributed by atoms with E-state index in [9.17, 15) is 4.79 Å². The quantitative estimate of drug-likeness (QED) is 0.693. The Labute approximate surface area is 130 Å². The molecular formula is C16H10ClN3O2. The van der Waals surface area contributed by atoms with Crippen LogP contribution in [0.15, 0.2) is 53.7 Å². The van der Waals surface area contributed by atoms with Crippen molar-refractivity contribution in [2.75, 3.05) is 0 Å². The molecule has 6 heteroatoms. The average Bonchev–Trinajstić information content (AvgIpc) is 2.54. The Kier molecular flexibility index (Phi) is 2.94. The number of halogens is 1. The van der Waals surface area contributed by atoms with Crippen LogP contribution in [0.1, 0.15) is 5.69 Å². The van der Waals surface area contributed by atoms with Crippen molar-refractivity contribution in [3.8, 4) is 22.7 Å². The number of nitrogens with zero attached hydrogens (tertiary/aromatic N) is 3. The Hall–Kier alpha value is -2.66. The van der Waals surface area contributed by atoms with Gasteiger partial charge in [0.15, 0.2) is 0 Å². The van der Waals surface area contributed by atoms with E-state index in [1.54, 1.807) is 29.1 Å². The summed E-state index contributed by atoms with van der Waals surface area (Å²) in [5, 5.41) is 0.470. The Morgan fingerprint density at radius 3 is 3.00 bits per heavy atom. The summed E-state index contributed by atoms with van der Waals surface area (Å²) in [6.45, 7) is 0.288. The van der Waals surface area contributed by atoms with Crippen molar-refractivity contribution >= 4 is 11.6 Å². The molecule has 108 valence electrons. The zero-order valence-electron chi connectivity index (χ0n) is 11.4. The number of hydrogen-bond donors (Lipinski definition) is 0. The van der Waals surface area contributed by atoms with Gasteiger partial charge in [-0.1, -0.05) is 11.6 Å². The lowest BCUT2D eigenvalue weighted by Crippen LogP contribution is -2.25. The van der Waals surface area contributed by atoms with Gasteiger partial charge in [-0.05, 0) is 24.3 Å². The molecule has 0 N–H and O–H groups in total. The molecule has 0 bridgehead atoms.